The van der Waals surface area contributed by atoms with Crippen LogP contribution in [0.5, 0.6) is 0 Å². The fourth-order valence-electron chi connectivity index (χ4n) is 2.69. The van der Waals surface area contributed by atoms with Gasteiger partial charge in [-0.25, -0.2) is 4.68 Å². The van der Waals surface area contributed by atoms with E-state index in [1.165, 1.54) is 18.2 Å². The zero-order valence-corrected chi connectivity index (χ0v) is 13.4. The normalized spacial score (nSPS) is 10.7. The Hall–Kier alpha value is -2.10. The highest BCUT2D eigenvalue weighted by molar-refractivity contribution is 5.69. The number of nitrogens with zero attached hydrogens (tertiary/aromatic N) is 2. The van der Waals surface area contributed by atoms with E-state index in [1.54, 1.807) is 0 Å². The predicted molar refractivity (Wildman–Crippen MR) is 82.8 cm³/mol. The fraction of sp³-hybridized carbons (Fsp3) is 0.412. The molecule has 112 valence electrons. The zero-order valence-electron chi connectivity index (χ0n) is 13.4. The van der Waals surface area contributed by atoms with Gasteiger partial charge in [-0.2, -0.15) is 5.10 Å². The smallest absolute Gasteiger partial charge is 0.305 e. The van der Waals surface area contributed by atoms with Gasteiger partial charge in [0.2, 0.25) is 0 Å². The highest BCUT2D eigenvalue weighted by atomic mass is 16.5. The minimum absolute atomic E-state index is 0.187. The van der Waals surface area contributed by atoms with Crippen LogP contribution in [-0.4, -0.2) is 22.9 Å². The topological polar surface area (TPSA) is 44.1 Å². The third-order valence-corrected chi connectivity index (χ3v) is 3.70. The number of carbonyl (C=O) groups excluding carboxylic acids is 1. The summed E-state index contributed by atoms with van der Waals surface area (Å²) < 4.78 is 6.67. The average molecular weight is 286 g/mol. The lowest BCUT2D eigenvalue weighted by Crippen LogP contribution is -2.04. The van der Waals surface area contributed by atoms with Crippen LogP contribution in [0.3, 0.4) is 0 Å². The third kappa shape index (κ3) is 3.32. The number of hydrogen-bond acceptors (Lipinski definition) is 3. The van der Waals surface area contributed by atoms with Crippen molar-refractivity contribution in [3.05, 3.63) is 46.3 Å². The second-order valence-electron chi connectivity index (χ2n) is 5.48. The molecule has 1 aromatic carbocycles. The molecule has 0 atom stereocenters. The van der Waals surface area contributed by atoms with E-state index in [1.807, 2.05) is 18.5 Å². The molecular weight excluding hydrogens is 264 g/mol. The highest BCUT2D eigenvalue weighted by Gasteiger charge is 2.14. The molecule has 2 aromatic rings. The van der Waals surface area contributed by atoms with Gasteiger partial charge in [0, 0.05) is 12.1 Å². The van der Waals surface area contributed by atoms with Crippen LogP contribution in [0, 0.1) is 27.7 Å². The monoisotopic (exact) mass is 286 g/mol. The Morgan fingerprint density at radius 1 is 1.14 bits per heavy atom. The SMILES string of the molecule is COC(=O)CCc1c(C)nn(-c2cc(C)cc(C)c2)c1C. The van der Waals surface area contributed by atoms with Crippen LogP contribution in [0.2, 0.25) is 0 Å². The lowest BCUT2D eigenvalue weighted by atomic mass is 10.1. The Labute approximate surface area is 125 Å². The Morgan fingerprint density at radius 3 is 2.33 bits per heavy atom. The van der Waals surface area contributed by atoms with Gasteiger partial charge in [-0.3, -0.25) is 4.79 Å². The summed E-state index contributed by atoms with van der Waals surface area (Å²) in [6, 6.07) is 6.39. The van der Waals surface area contributed by atoms with Gasteiger partial charge in [-0.05, 0) is 62.9 Å². The zero-order chi connectivity index (χ0) is 15.6. The van der Waals surface area contributed by atoms with E-state index in [0.717, 1.165) is 22.6 Å². The summed E-state index contributed by atoms with van der Waals surface area (Å²) in [4.78, 5) is 11.3. The first-order chi connectivity index (χ1) is 9.92. The summed E-state index contributed by atoms with van der Waals surface area (Å²) in [5.74, 6) is -0.187. The molecule has 0 spiro atoms. The minimum atomic E-state index is -0.187. The molecule has 4 heteroatoms. The maximum atomic E-state index is 11.3. The van der Waals surface area contributed by atoms with E-state index in [2.05, 4.69) is 37.1 Å². The summed E-state index contributed by atoms with van der Waals surface area (Å²) in [5.41, 5.74) is 6.68. The van der Waals surface area contributed by atoms with Gasteiger partial charge >= 0.3 is 5.97 Å². The maximum absolute atomic E-state index is 11.3. The van der Waals surface area contributed by atoms with Gasteiger partial charge in [0.1, 0.15) is 0 Å². The molecule has 0 fully saturated rings. The second-order valence-corrected chi connectivity index (χ2v) is 5.48. The molecule has 0 aliphatic carbocycles. The van der Waals surface area contributed by atoms with Crippen molar-refractivity contribution in [1.82, 2.24) is 9.78 Å². The molecular formula is C17H22N2O2. The molecule has 0 aliphatic rings. The minimum Gasteiger partial charge on any atom is -0.469 e. The first-order valence-corrected chi connectivity index (χ1v) is 7.13. The molecule has 1 aromatic heterocycles. The second kappa shape index (κ2) is 6.12. The van der Waals surface area contributed by atoms with Crippen molar-refractivity contribution in [1.29, 1.82) is 0 Å². The van der Waals surface area contributed by atoms with E-state index < -0.39 is 0 Å². The Morgan fingerprint density at radius 2 is 1.76 bits per heavy atom. The molecule has 0 saturated carbocycles. The van der Waals surface area contributed by atoms with Crippen LogP contribution in [-0.2, 0) is 16.0 Å². The van der Waals surface area contributed by atoms with Gasteiger partial charge in [0.05, 0.1) is 18.5 Å². The van der Waals surface area contributed by atoms with Gasteiger partial charge in [-0.1, -0.05) is 6.07 Å². The van der Waals surface area contributed by atoms with Crippen LogP contribution in [0.1, 0.15) is 34.5 Å². The predicted octanol–water partition coefficient (Wildman–Crippen LogP) is 3.21. The Balaban J connectivity index is 2.36. The first-order valence-electron chi connectivity index (χ1n) is 7.13. The molecule has 0 aliphatic heterocycles. The summed E-state index contributed by atoms with van der Waals surface area (Å²) in [6.07, 6.45) is 1.05. The molecule has 2 rings (SSSR count). The lowest BCUT2D eigenvalue weighted by molar-refractivity contribution is -0.140. The van der Waals surface area contributed by atoms with Crippen LogP contribution in [0.15, 0.2) is 18.2 Å². The third-order valence-electron chi connectivity index (χ3n) is 3.70. The largest absolute Gasteiger partial charge is 0.469 e. The lowest BCUT2D eigenvalue weighted by Gasteiger charge is -2.08. The Kier molecular flexibility index (Phi) is 4.46. The molecule has 0 unspecified atom stereocenters. The number of aryl methyl sites for hydroxylation is 3. The molecule has 0 bridgehead atoms. The molecule has 0 radical (unpaired) electrons. The van der Waals surface area contributed by atoms with E-state index >= 15 is 0 Å². The highest BCUT2D eigenvalue weighted by Crippen LogP contribution is 2.21. The number of aromatic nitrogens is 2. The molecule has 0 N–H and O–H groups in total. The number of rotatable bonds is 4. The van der Waals surface area contributed by atoms with Gasteiger partial charge in [0.25, 0.3) is 0 Å². The van der Waals surface area contributed by atoms with Gasteiger partial charge in [-0.15, -0.1) is 0 Å². The average Bonchev–Trinajstić information content (AvgIpc) is 2.70. The molecule has 0 amide bonds. The van der Waals surface area contributed by atoms with Crippen molar-refractivity contribution in [2.24, 2.45) is 0 Å². The van der Waals surface area contributed by atoms with E-state index in [4.69, 9.17) is 4.74 Å². The first kappa shape index (κ1) is 15.3. The van der Waals surface area contributed by atoms with E-state index in [9.17, 15) is 4.79 Å². The van der Waals surface area contributed by atoms with Crippen LogP contribution in [0.25, 0.3) is 5.69 Å². The van der Waals surface area contributed by atoms with Crippen molar-refractivity contribution < 1.29 is 9.53 Å². The summed E-state index contributed by atoms with van der Waals surface area (Å²) in [6.45, 7) is 8.20. The van der Waals surface area contributed by atoms with E-state index in [-0.39, 0.29) is 5.97 Å². The number of esters is 1. The van der Waals surface area contributed by atoms with Crippen molar-refractivity contribution in [3.8, 4) is 5.69 Å². The molecule has 4 nitrogen and oxygen atoms in total. The number of ether oxygens (including phenoxy) is 1. The Bertz CT molecular complexity index is 651. The standard InChI is InChI=1S/C17H22N2O2/c1-11-8-12(2)10-15(9-11)19-14(4)16(13(3)18-19)6-7-17(20)21-5/h8-10H,6-7H2,1-5H3. The summed E-state index contributed by atoms with van der Waals surface area (Å²) >= 11 is 0. The van der Waals surface area contributed by atoms with Crippen molar-refractivity contribution >= 4 is 5.97 Å². The van der Waals surface area contributed by atoms with Crippen molar-refractivity contribution in [2.75, 3.05) is 7.11 Å². The number of methoxy groups -OCH3 is 1. The fourth-order valence-corrected chi connectivity index (χ4v) is 2.69. The summed E-state index contributed by atoms with van der Waals surface area (Å²) in [5, 5.41) is 4.63. The quantitative estimate of drug-likeness (QED) is 0.811. The van der Waals surface area contributed by atoms with Gasteiger partial charge in [0.15, 0.2) is 0 Å². The molecule has 0 saturated heterocycles. The number of carbonyl (C=O) groups is 1. The van der Waals surface area contributed by atoms with E-state index in [0.29, 0.717) is 12.8 Å². The van der Waals surface area contributed by atoms with Crippen molar-refractivity contribution in [2.45, 2.75) is 40.5 Å². The molecule has 21 heavy (non-hydrogen) atoms. The number of benzene rings is 1. The van der Waals surface area contributed by atoms with Crippen LogP contribution < -0.4 is 0 Å². The number of hydrogen-bond donors (Lipinski definition) is 0. The summed E-state index contributed by atoms with van der Waals surface area (Å²) in [7, 11) is 1.42. The van der Waals surface area contributed by atoms with Crippen LogP contribution >= 0.6 is 0 Å². The molecule has 1 heterocycles. The maximum Gasteiger partial charge on any atom is 0.305 e. The van der Waals surface area contributed by atoms with Crippen LogP contribution in [0.4, 0.5) is 0 Å². The van der Waals surface area contributed by atoms with Crippen molar-refractivity contribution in [3.63, 3.8) is 0 Å². The van der Waals surface area contributed by atoms with Gasteiger partial charge < -0.3 is 4.74 Å².